The van der Waals surface area contributed by atoms with Gasteiger partial charge < -0.3 is 24.6 Å². The number of benzene rings is 1. The van der Waals surface area contributed by atoms with Crippen molar-refractivity contribution < 1.29 is 23.5 Å². The fraction of sp³-hybridized carbons (Fsp3) is 0.600. The molecule has 29 heavy (non-hydrogen) atoms. The van der Waals surface area contributed by atoms with Crippen molar-refractivity contribution in [1.29, 1.82) is 0 Å². The lowest BCUT2D eigenvalue weighted by molar-refractivity contribution is -0.134. The molecule has 0 bridgehead atoms. The normalized spacial score (nSPS) is 25.4. The summed E-state index contributed by atoms with van der Waals surface area (Å²) in [6.07, 6.45) is 2.39. The third-order valence-electron chi connectivity index (χ3n) is 5.89. The number of ether oxygens (including phenoxy) is 2. The van der Waals surface area contributed by atoms with Gasteiger partial charge in [0, 0.05) is 26.2 Å². The molecule has 1 aromatic carbocycles. The van der Waals surface area contributed by atoms with Crippen LogP contribution in [0.3, 0.4) is 0 Å². The van der Waals surface area contributed by atoms with Crippen molar-refractivity contribution in [2.45, 2.75) is 24.8 Å². The molecule has 4 rings (SSSR count). The van der Waals surface area contributed by atoms with E-state index in [1.165, 1.54) is 18.2 Å². The molecule has 3 aliphatic rings. The summed E-state index contributed by atoms with van der Waals surface area (Å²) in [6.45, 7) is 3.47. The summed E-state index contributed by atoms with van der Waals surface area (Å²) >= 11 is 6.00. The number of nitrogens with zero attached hydrogens (tertiary/aromatic N) is 2. The largest absolute Gasteiger partial charge is 0.492 e. The third kappa shape index (κ3) is 4.59. The average molecular weight is 426 g/mol. The van der Waals surface area contributed by atoms with Crippen molar-refractivity contribution in [3.8, 4) is 5.75 Å². The molecular formula is C20H25ClFN3O4. The van der Waals surface area contributed by atoms with E-state index in [0.717, 1.165) is 12.8 Å². The average Bonchev–Trinajstić information content (AvgIpc) is 3.10. The summed E-state index contributed by atoms with van der Waals surface area (Å²) in [7, 11) is 0. The van der Waals surface area contributed by atoms with Crippen molar-refractivity contribution >= 4 is 23.5 Å². The monoisotopic (exact) mass is 425 g/mol. The molecule has 0 radical (unpaired) electrons. The number of urea groups is 1. The van der Waals surface area contributed by atoms with Crippen LogP contribution in [0.25, 0.3) is 0 Å². The Hall–Kier alpha value is -2.06. The number of carbonyl (C=O) groups excluding carboxylic acids is 2. The first-order valence-corrected chi connectivity index (χ1v) is 10.3. The highest BCUT2D eigenvalue weighted by Crippen LogP contribution is 2.28. The number of amides is 3. The lowest BCUT2D eigenvalue weighted by Crippen LogP contribution is -2.59. The molecule has 7 nitrogen and oxygen atoms in total. The Balaban J connectivity index is 1.24. The van der Waals surface area contributed by atoms with Crippen LogP contribution >= 0.6 is 11.6 Å². The van der Waals surface area contributed by atoms with Crippen molar-refractivity contribution in [3.63, 3.8) is 0 Å². The Labute approximate surface area is 174 Å². The molecule has 3 aliphatic heterocycles. The standard InChI is InChI=1S/C20H25ClFN3O4/c21-16-9-15(22)1-2-17(16)29-10-14-3-6-24(7-4-14)19(27)25-8-5-20(12-25)13-28-11-18(26)23-20/h1-2,9,14H,3-8,10-13H2,(H,23,26). The van der Waals surface area contributed by atoms with Crippen LogP contribution in [0.15, 0.2) is 18.2 Å². The first-order valence-electron chi connectivity index (χ1n) is 9.95. The van der Waals surface area contributed by atoms with Crippen LogP contribution in [0.2, 0.25) is 5.02 Å². The van der Waals surface area contributed by atoms with Gasteiger partial charge in [-0.3, -0.25) is 4.79 Å². The zero-order valence-corrected chi connectivity index (χ0v) is 16.9. The number of hydrogen-bond donors (Lipinski definition) is 1. The Bertz CT molecular complexity index is 787. The van der Waals surface area contributed by atoms with Gasteiger partial charge in [0.05, 0.1) is 23.8 Å². The fourth-order valence-electron chi connectivity index (χ4n) is 4.25. The highest BCUT2D eigenvalue weighted by Gasteiger charge is 2.44. The molecule has 1 N–H and O–H groups in total. The van der Waals surface area contributed by atoms with E-state index in [1.807, 2.05) is 9.80 Å². The molecule has 158 valence electrons. The van der Waals surface area contributed by atoms with E-state index < -0.39 is 11.4 Å². The topological polar surface area (TPSA) is 71.1 Å². The van der Waals surface area contributed by atoms with Gasteiger partial charge >= 0.3 is 6.03 Å². The molecule has 1 spiro atoms. The molecular weight excluding hydrogens is 401 g/mol. The second kappa shape index (κ2) is 8.36. The molecule has 1 unspecified atom stereocenters. The Morgan fingerprint density at radius 1 is 1.31 bits per heavy atom. The van der Waals surface area contributed by atoms with Crippen molar-refractivity contribution in [2.24, 2.45) is 5.92 Å². The van der Waals surface area contributed by atoms with Gasteiger partial charge in [-0.15, -0.1) is 0 Å². The minimum absolute atomic E-state index is 0.0163. The van der Waals surface area contributed by atoms with Crippen LogP contribution in [0, 0.1) is 11.7 Å². The van der Waals surface area contributed by atoms with Crippen molar-refractivity contribution in [3.05, 3.63) is 29.0 Å². The zero-order valence-electron chi connectivity index (χ0n) is 16.2. The number of halogens is 2. The minimum atomic E-state index is -0.439. The zero-order chi connectivity index (χ0) is 20.4. The number of carbonyl (C=O) groups is 2. The fourth-order valence-corrected chi connectivity index (χ4v) is 4.48. The van der Waals surface area contributed by atoms with Gasteiger partial charge in [-0.1, -0.05) is 11.6 Å². The van der Waals surface area contributed by atoms with E-state index in [-0.39, 0.29) is 23.6 Å². The van der Waals surface area contributed by atoms with Crippen LogP contribution in [-0.4, -0.2) is 73.3 Å². The highest BCUT2D eigenvalue weighted by atomic mass is 35.5. The summed E-state index contributed by atoms with van der Waals surface area (Å²) in [5, 5.41) is 3.26. The van der Waals surface area contributed by atoms with Crippen LogP contribution in [0.5, 0.6) is 5.75 Å². The SMILES string of the molecule is O=C1COCC2(CCN(C(=O)N3CCC(COc4ccc(F)cc4Cl)CC3)C2)N1. The number of rotatable bonds is 3. The van der Waals surface area contributed by atoms with Gasteiger partial charge in [-0.2, -0.15) is 0 Å². The minimum Gasteiger partial charge on any atom is -0.492 e. The number of morpholine rings is 1. The number of nitrogens with one attached hydrogen (secondary N) is 1. The van der Waals surface area contributed by atoms with E-state index in [0.29, 0.717) is 57.5 Å². The predicted molar refractivity (Wildman–Crippen MR) is 104 cm³/mol. The Kier molecular flexibility index (Phi) is 5.83. The summed E-state index contributed by atoms with van der Waals surface area (Å²) in [6, 6.07) is 4.11. The Morgan fingerprint density at radius 2 is 2.10 bits per heavy atom. The second-order valence-corrected chi connectivity index (χ2v) is 8.50. The molecule has 3 saturated heterocycles. The molecule has 3 fully saturated rings. The molecule has 3 amide bonds. The van der Waals surface area contributed by atoms with Crippen molar-refractivity contribution in [1.82, 2.24) is 15.1 Å². The van der Waals surface area contributed by atoms with Gasteiger partial charge in [-0.25, -0.2) is 9.18 Å². The van der Waals surface area contributed by atoms with E-state index in [2.05, 4.69) is 5.32 Å². The molecule has 9 heteroatoms. The smallest absolute Gasteiger partial charge is 0.320 e. The van der Waals surface area contributed by atoms with Crippen LogP contribution in [0.4, 0.5) is 9.18 Å². The maximum Gasteiger partial charge on any atom is 0.320 e. The lowest BCUT2D eigenvalue weighted by Gasteiger charge is -2.36. The van der Waals surface area contributed by atoms with Crippen LogP contribution < -0.4 is 10.1 Å². The summed E-state index contributed by atoms with van der Waals surface area (Å²) in [5.41, 5.74) is -0.439. The van der Waals surface area contributed by atoms with Gasteiger partial charge in [0.15, 0.2) is 0 Å². The van der Waals surface area contributed by atoms with Gasteiger partial charge in [0.25, 0.3) is 0 Å². The van der Waals surface area contributed by atoms with Gasteiger partial charge in [-0.05, 0) is 43.4 Å². The molecule has 3 heterocycles. The highest BCUT2D eigenvalue weighted by molar-refractivity contribution is 6.32. The third-order valence-corrected chi connectivity index (χ3v) is 6.19. The second-order valence-electron chi connectivity index (χ2n) is 8.09. The quantitative estimate of drug-likeness (QED) is 0.806. The first-order chi connectivity index (χ1) is 13.9. The van der Waals surface area contributed by atoms with E-state index in [9.17, 15) is 14.0 Å². The first kappa shape index (κ1) is 20.2. The van der Waals surface area contributed by atoms with E-state index in [4.69, 9.17) is 21.1 Å². The van der Waals surface area contributed by atoms with E-state index in [1.54, 1.807) is 0 Å². The van der Waals surface area contributed by atoms with Gasteiger partial charge in [0.1, 0.15) is 18.2 Å². The number of piperidine rings is 1. The molecule has 1 aromatic rings. The van der Waals surface area contributed by atoms with Crippen LogP contribution in [0.1, 0.15) is 19.3 Å². The molecule has 1 atom stereocenters. The van der Waals surface area contributed by atoms with Crippen LogP contribution in [-0.2, 0) is 9.53 Å². The van der Waals surface area contributed by atoms with Gasteiger partial charge in [0.2, 0.25) is 5.91 Å². The maximum absolute atomic E-state index is 13.1. The molecule has 0 saturated carbocycles. The predicted octanol–water partition coefficient (Wildman–Crippen LogP) is 2.28. The van der Waals surface area contributed by atoms with Crippen molar-refractivity contribution in [2.75, 3.05) is 46.0 Å². The number of likely N-dealkylation sites (tertiary alicyclic amines) is 2. The van der Waals surface area contributed by atoms with E-state index >= 15 is 0 Å². The molecule has 0 aromatic heterocycles. The molecule has 0 aliphatic carbocycles. The Morgan fingerprint density at radius 3 is 2.83 bits per heavy atom. The lowest BCUT2D eigenvalue weighted by atomic mass is 9.98. The number of hydrogen-bond acceptors (Lipinski definition) is 4. The summed E-state index contributed by atoms with van der Waals surface area (Å²) < 4.78 is 24.2. The summed E-state index contributed by atoms with van der Waals surface area (Å²) in [4.78, 5) is 28.2. The maximum atomic E-state index is 13.1. The summed E-state index contributed by atoms with van der Waals surface area (Å²) in [5.74, 6) is 0.284.